The number of phenols is 1. The minimum atomic E-state index is -4.50. The third kappa shape index (κ3) is 4.90. The predicted molar refractivity (Wildman–Crippen MR) is 99.3 cm³/mol. The van der Waals surface area contributed by atoms with E-state index >= 15 is 0 Å². The summed E-state index contributed by atoms with van der Waals surface area (Å²) < 4.78 is 39.1. The third-order valence-corrected chi connectivity index (χ3v) is 4.61. The van der Waals surface area contributed by atoms with Crippen LogP contribution in [0.15, 0.2) is 48.5 Å². The van der Waals surface area contributed by atoms with E-state index in [0.29, 0.717) is 25.1 Å². The number of hydrogen-bond donors (Lipinski definition) is 2. The second kappa shape index (κ2) is 8.31. The average Bonchev–Trinajstić information content (AvgIpc) is 3.17. The van der Waals surface area contributed by atoms with Crippen LogP contribution >= 0.6 is 0 Å². The van der Waals surface area contributed by atoms with Gasteiger partial charge >= 0.3 is 6.18 Å². The molecule has 6 nitrogen and oxygen atoms in total. The molecular formula is C20H19F3N4O2. The lowest BCUT2D eigenvalue weighted by Gasteiger charge is -2.28. The molecule has 1 unspecified atom stereocenters. The molecule has 1 atom stereocenters. The maximum atomic E-state index is 13.1. The first kappa shape index (κ1) is 20.3. The number of halogens is 3. The molecule has 0 aliphatic carbocycles. The summed E-state index contributed by atoms with van der Waals surface area (Å²) >= 11 is 0. The molecule has 2 aromatic carbocycles. The molecule has 0 aromatic heterocycles. The molecule has 1 saturated heterocycles. The number of alkyl halides is 3. The Balaban J connectivity index is 1.87. The van der Waals surface area contributed by atoms with Gasteiger partial charge in [-0.1, -0.05) is 18.2 Å². The zero-order valence-corrected chi connectivity index (χ0v) is 15.4. The zero-order valence-electron chi connectivity index (χ0n) is 15.4. The maximum absolute atomic E-state index is 13.1. The number of aromatic hydroxyl groups is 1. The fourth-order valence-electron chi connectivity index (χ4n) is 3.18. The molecular weight excluding hydrogens is 385 g/mol. The molecule has 0 saturated carbocycles. The van der Waals surface area contributed by atoms with Crippen molar-refractivity contribution in [2.45, 2.75) is 25.1 Å². The number of nitrogens with one attached hydrogen (secondary N) is 1. The van der Waals surface area contributed by atoms with Crippen molar-refractivity contribution in [3.05, 3.63) is 59.7 Å². The number of carbonyl (C=O) groups is 1. The molecule has 1 aliphatic heterocycles. The number of benzene rings is 2. The summed E-state index contributed by atoms with van der Waals surface area (Å²) in [4.78, 5) is 13.1. The van der Waals surface area contributed by atoms with Gasteiger partial charge in [0.2, 0.25) is 0 Å². The highest BCUT2D eigenvalue weighted by atomic mass is 19.4. The van der Waals surface area contributed by atoms with Crippen LogP contribution in [0.4, 0.5) is 18.9 Å². The number of hydrazine groups is 1. The highest BCUT2D eigenvalue weighted by Gasteiger charge is 2.33. The molecule has 0 bridgehead atoms. The molecule has 0 radical (unpaired) electrons. The number of nitrogens with zero attached hydrogens (tertiary/aromatic N) is 3. The summed E-state index contributed by atoms with van der Waals surface area (Å²) in [6.07, 6.45) is -1.75. The third-order valence-electron chi connectivity index (χ3n) is 4.61. The van der Waals surface area contributed by atoms with Crippen LogP contribution in [0.2, 0.25) is 0 Å². The van der Waals surface area contributed by atoms with Gasteiger partial charge in [-0.3, -0.25) is 4.79 Å². The molecule has 9 heteroatoms. The standard InChI is InChI=1S/C20H19F3N4O2/c21-20(22,23)15-3-1-4-16(12-15)25-18(11-14-5-7-17(28)8-6-14)19(29)27-10-2-9-26(27)13-24/h1,3-8,12,18,25,28H,2,9-11H2. The van der Waals surface area contributed by atoms with E-state index in [1.807, 2.05) is 6.19 Å². The van der Waals surface area contributed by atoms with Gasteiger partial charge in [-0.05, 0) is 42.3 Å². The average molecular weight is 404 g/mol. The van der Waals surface area contributed by atoms with Gasteiger partial charge < -0.3 is 10.4 Å². The van der Waals surface area contributed by atoms with E-state index in [4.69, 9.17) is 0 Å². The van der Waals surface area contributed by atoms with Crippen LogP contribution < -0.4 is 5.32 Å². The van der Waals surface area contributed by atoms with E-state index < -0.39 is 23.7 Å². The van der Waals surface area contributed by atoms with E-state index in [9.17, 15) is 28.3 Å². The van der Waals surface area contributed by atoms with Crippen molar-refractivity contribution in [1.29, 1.82) is 5.26 Å². The Labute approximate surface area is 165 Å². The SMILES string of the molecule is N#CN1CCCN1C(=O)C(Cc1ccc(O)cc1)Nc1cccc(C(F)(F)F)c1. The fraction of sp³-hybridized carbons (Fsp3) is 0.300. The van der Waals surface area contributed by atoms with Crippen molar-refractivity contribution >= 4 is 11.6 Å². The number of amides is 1. The van der Waals surface area contributed by atoms with E-state index in [-0.39, 0.29) is 17.9 Å². The van der Waals surface area contributed by atoms with Crippen LogP contribution in [-0.4, -0.2) is 40.2 Å². The summed E-state index contributed by atoms with van der Waals surface area (Å²) in [6, 6.07) is 9.95. The zero-order chi connectivity index (χ0) is 21.0. The summed E-state index contributed by atoms with van der Waals surface area (Å²) in [7, 11) is 0. The monoisotopic (exact) mass is 404 g/mol. The summed E-state index contributed by atoms with van der Waals surface area (Å²) in [5.41, 5.74) is 0.0427. The van der Waals surface area contributed by atoms with Gasteiger partial charge in [0.15, 0.2) is 6.19 Å². The lowest BCUT2D eigenvalue weighted by atomic mass is 10.0. The minimum absolute atomic E-state index is 0.0673. The van der Waals surface area contributed by atoms with Crippen LogP contribution in [0.3, 0.4) is 0 Å². The van der Waals surface area contributed by atoms with Crippen molar-refractivity contribution in [1.82, 2.24) is 10.0 Å². The molecule has 2 aromatic rings. The topological polar surface area (TPSA) is 79.6 Å². The van der Waals surface area contributed by atoms with Crippen LogP contribution in [0.25, 0.3) is 0 Å². The fourth-order valence-corrected chi connectivity index (χ4v) is 3.18. The number of phenolic OH excluding ortho intramolecular Hbond substituents is 1. The number of carbonyl (C=O) groups excluding carboxylic acids is 1. The van der Waals surface area contributed by atoms with Gasteiger partial charge in [0, 0.05) is 18.7 Å². The molecule has 152 valence electrons. The minimum Gasteiger partial charge on any atom is -0.508 e. The number of anilines is 1. The Kier molecular flexibility index (Phi) is 5.82. The Morgan fingerprint density at radius 3 is 2.59 bits per heavy atom. The Morgan fingerprint density at radius 1 is 1.21 bits per heavy atom. The second-order valence-electron chi connectivity index (χ2n) is 6.68. The molecule has 0 spiro atoms. The Bertz CT molecular complexity index is 909. The highest BCUT2D eigenvalue weighted by molar-refractivity contribution is 5.85. The van der Waals surface area contributed by atoms with Crippen LogP contribution in [0, 0.1) is 11.5 Å². The number of rotatable bonds is 5. The van der Waals surface area contributed by atoms with E-state index in [2.05, 4.69) is 5.32 Å². The van der Waals surface area contributed by atoms with Crippen molar-refractivity contribution in [2.24, 2.45) is 0 Å². The predicted octanol–water partition coefficient (Wildman–Crippen LogP) is 3.36. The van der Waals surface area contributed by atoms with E-state index in [1.54, 1.807) is 12.1 Å². The van der Waals surface area contributed by atoms with E-state index in [1.165, 1.54) is 34.3 Å². The lowest BCUT2D eigenvalue weighted by Crippen LogP contribution is -2.47. The van der Waals surface area contributed by atoms with Crippen LogP contribution in [-0.2, 0) is 17.4 Å². The Morgan fingerprint density at radius 2 is 1.93 bits per heavy atom. The number of nitriles is 1. The van der Waals surface area contributed by atoms with Crippen LogP contribution in [0.1, 0.15) is 17.5 Å². The quantitative estimate of drug-likeness (QED) is 0.747. The first-order chi connectivity index (χ1) is 13.8. The highest BCUT2D eigenvalue weighted by Crippen LogP contribution is 2.31. The largest absolute Gasteiger partial charge is 0.508 e. The summed E-state index contributed by atoms with van der Waals surface area (Å²) in [5, 5.41) is 24.1. The molecule has 1 amide bonds. The van der Waals surface area contributed by atoms with Gasteiger partial charge in [-0.2, -0.15) is 18.4 Å². The second-order valence-corrected chi connectivity index (χ2v) is 6.68. The first-order valence-corrected chi connectivity index (χ1v) is 8.98. The maximum Gasteiger partial charge on any atom is 0.416 e. The van der Waals surface area contributed by atoms with Crippen molar-refractivity contribution < 1.29 is 23.1 Å². The lowest BCUT2D eigenvalue weighted by molar-refractivity contribution is -0.140. The van der Waals surface area contributed by atoms with Crippen molar-refractivity contribution in [3.63, 3.8) is 0 Å². The van der Waals surface area contributed by atoms with Crippen molar-refractivity contribution in [3.8, 4) is 11.9 Å². The molecule has 3 rings (SSSR count). The number of hydrogen-bond acceptors (Lipinski definition) is 5. The smallest absolute Gasteiger partial charge is 0.416 e. The molecule has 1 aliphatic rings. The first-order valence-electron chi connectivity index (χ1n) is 8.98. The Hall–Kier alpha value is -3.41. The molecule has 1 heterocycles. The van der Waals surface area contributed by atoms with Gasteiger partial charge in [0.1, 0.15) is 11.8 Å². The normalized spacial score (nSPS) is 15.1. The van der Waals surface area contributed by atoms with Gasteiger partial charge in [-0.25, -0.2) is 10.0 Å². The summed E-state index contributed by atoms with van der Waals surface area (Å²) in [6.45, 7) is 0.778. The summed E-state index contributed by atoms with van der Waals surface area (Å²) in [5.74, 6) is -0.341. The van der Waals surface area contributed by atoms with Crippen LogP contribution in [0.5, 0.6) is 5.75 Å². The van der Waals surface area contributed by atoms with Gasteiger partial charge in [0.25, 0.3) is 5.91 Å². The molecule has 29 heavy (non-hydrogen) atoms. The van der Waals surface area contributed by atoms with Gasteiger partial charge in [-0.15, -0.1) is 0 Å². The molecule has 2 N–H and O–H groups in total. The van der Waals surface area contributed by atoms with Crippen molar-refractivity contribution in [2.75, 3.05) is 18.4 Å². The van der Waals surface area contributed by atoms with Gasteiger partial charge in [0.05, 0.1) is 12.1 Å². The molecule has 1 fully saturated rings. The van der Waals surface area contributed by atoms with E-state index in [0.717, 1.165) is 12.1 Å².